The van der Waals surface area contributed by atoms with E-state index in [-0.39, 0.29) is 24.0 Å². The van der Waals surface area contributed by atoms with Crippen molar-refractivity contribution in [2.75, 3.05) is 28.3 Å². The van der Waals surface area contributed by atoms with E-state index in [2.05, 4.69) is 36.2 Å². The Kier molecular flexibility index (Phi) is 9.57. The normalized spacial score (nSPS) is 11.2. The molecule has 1 heterocycles. The number of nitrogens with one attached hydrogen (secondary N) is 1. The molecule has 0 spiro atoms. The number of hydrogen-bond acceptors (Lipinski definition) is 5. The van der Waals surface area contributed by atoms with Crippen LogP contribution in [0.1, 0.15) is 42.3 Å². The van der Waals surface area contributed by atoms with Gasteiger partial charge in [-0.05, 0) is 36.1 Å². The van der Waals surface area contributed by atoms with Crippen LogP contribution in [0.5, 0.6) is 11.5 Å². The number of methoxy groups -OCH3 is 2. The van der Waals surface area contributed by atoms with E-state index in [1.807, 2.05) is 30.1 Å². The number of guanidine groups is 1. The monoisotopic (exact) mass is 502 g/mol. The molecular weight excluding hydrogens is 471 g/mol. The highest BCUT2D eigenvalue weighted by molar-refractivity contribution is 14.0. The first kappa shape index (κ1) is 24.1. The summed E-state index contributed by atoms with van der Waals surface area (Å²) in [5, 5.41) is 7.40. The van der Waals surface area contributed by atoms with E-state index < -0.39 is 0 Å². The number of halogens is 1. The number of rotatable bonds is 7. The largest absolute Gasteiger partial charge is 0.493 e. The summed E-state index contributed by atoms with van der Waals surface area (Å²) in [5.74, 6) is 3.35. The van der Waals surface area contributed by atoms with Crippen LogP contribution in [0.3, 0.4) is 0 Å². The van der Waals surface area contributed by atoms with Crippen molar-refractivity contribution < 1.29 is 14.0 Å². The van der Waals surface area contributed by atoms with Gasteiger partial charge >= 0.3 is 0 Å². The van der Waals surface area contributed by atoms with Crippen LogP contribution in [0.2, 0.25) is 0 Å². The van der Waals surface area contributed by atoms with Crippen molar-refractivity contribution in [3.05, 3.63) is 40.8 Å². The Hall–Kier alpha value is -1.97. The van der Waals surface area contributed by atoms with E-state index in [1.165, 1.54) is 0 Å². The summed E-state index contributed by atoms with van der Waals surface area (Å²) in [6.07, 6.45) is 0. The summed E-state index contributed by atoms with van der Waals surface area (Å²) < 4.78 is 16.2. The lowest BCUT2D eigenvalue weighted by Crippen LogP contribution is -2.38. The molecule has 0 atom stereocenters. The first-order valence-electron chi connectivity index (χ1n) is 8.98. The Morgan fingerprint density at radius 1 is 1.21 bits per heavy atom. The van der Waals surface area contributed by atoms with Crippen LogP contribution >= 0.6 is 24.0 Å². The molecular formula is C20H31IN4O3. The van der Waals surface area contributed by atoms with Gasteiger partial charge in [0.2, 0.25) is 0 Å². The van der Waals surface area contributed by atoms with Gasteiger partial charge in [-0.15, -0.1) is 24.0 Å². The van der Waals surface area contributed by atoms with Crippen LogP contribution in [0.15, 0.2) is 27.7 Å². The van der Waals surface area contributed by atoms with Gasteiger partial charge in [0, 0.05) is 26.7 Å². The Labute approximate surface area is 184 Å². The fourth-order valence-corrected chi connectivity index (χ4v) is 2.76. The maximum atomic E-state index is 5.42. The molecule has 0 radical (unpaired) electrons. The summed E-state index contributed by atoms with van der Waals surface area (Å²) in [7, 11) is 7.04. The van der Waals surface area contributed by atoms with E-state index >= 15 is 0 Å². The molecule has 0 unspecified atom stereocenters. The maximum absolute atomic E-state index is 5.42. The van der Waals surface area contributed by atoms with E-state index in [1.54, 1.807) is 21.3 Å². The van der Waals surface area contributed by atoms with E-state index in [9.17, 15) is 0 Å². The Morgan fingerprint density at radius 2 is 1.86 bits per heavy atom. The minimum absolute atomic E-state index is 0. The number of aliphatic imine (C=N–C) groups is 1. The van der Waals surface area contributed by atoms with Crippen molar-refractivity contribution in [3.8, 4) is 11.5 Å². The Bertz CT molecular complexity index is 790. The second kappa shape index (κ2) is 11.1. The highest BCUT2D eigenvalue weighted by atomic mass is 127. The molecule has 28 heavy (non-hydrogen) atoms. The number of aromatic nitrogens is 1. The van der Waals surface area contributed by atoms with Crippen LogP contribution < -0.4 is 14.8 Å². The van der Waals surface area contributed by atoms with Gasteiger partial charge in [0.15, 0.2) is 23.2 Å². The smallest absolute Gasteiger partial charge is 0.194 e. The van der Waals surface area contributed by atoms with Gasteiger partial charge in [-0.3, -0.25) is 4.99 Å². The van der Waals surface area contributed by atoms with Crippen LogP contribution in [0.4, 0.5) is 0 Å². The molecule has 0 aliphatic rings. The minimum Gasteiger partial charge on any atom is -0.493 e. The zero-order chi connectivity index (χ0) is 20.0. The maximum Gasteiger partial charge on any atom is 0.194 e. The highest BCUT2D eigenvalue weighted by Crippen LogP contribution is 2.30. The predicted octanol–water partition coefficient (Wildman–Crippen LogP) is 3.95. The van der Waals surface area contributed by atoms with Crippen LogP contribution in [0.25, 0.3) is 0 Å². The fourth-order valence-electron chi connectivity index (χ4n) is 2.76. The van der Waals surface area contributed by atoms with Crippen molar-refractivity contribution in [1.82, 2.24) is 15.4 Å². The number of nitrogens with zero attached hydrogens (tertiary/aromatic N) is 3. The highest BCUT2D eigenvalue weighted by Gasteiger charge is 2.14. The number of hydrogen-bond donors (Lipinski definition) is 1. The quantitative estimate of drug-likeness (QED) is 0.351. The molecule has 0 aliphatic heterocycles. The molecule has 8 heteroatoms. The van der Waals surface area contributed by atoms with Crippen molar-refractivity contribution in [2.45, 2.75) is 39.8 Å². The van der Waals surface area contributed by atoms with Gasteiger partial charge in [-0.25, -0.2) is 0 Å². The average Bonchev–Trinajstić information content (AvgIpc) is 3.12. The lowest BCUT2D eigenvalue weighted by atomic mass is 10.1. The first-order valence-corrected chi connectivity index (χ1v) is 8.98. The van der Waals surface area contributed by atoms with Crippen LogP contribution in [0, 0.1) is 6.92 Å². The molecule has 0 aliphatic carbocycles. The minimum atomic E-state index is 0. The third kappa shape index (κ3) is 6.02. The topological polar surface area (TPSA) is 72.1 Å². The fraction of sp³-hybridized carbons (Fsp3) is 0.500. The Balaban J connectivity index is 0.00000392. The molecule has 0 fully saturated rings. The lowest BCUT2D eigenvalue weighted by molar-refractivity contribution is 0.353. The second-order valence-corrected chi connectivity index (χ2v) is 6.76. The molecule has 0 saturated heterocycles. The van der Waals surface area contributed by atoms with Gasteiger partial charge in [-0.1, -0.05) is 19.0 Å². The van der Waals surface area contributed by atoms with Crippen LogP contribution in [-0.2, 0) is 13.1 Å². The van der Waals surface area contributed by atoms with E-state index in [4.69, 9.17) is 14.0 Å². The number of benzene rings is 1. The number of aryl methyl sites for hydroxylation is 1. The molecule has 1 aromatic carbocycles. The van der Waals surface area contributed by atoms with Gasteiger partial charge in [0.25, 0.3) is 0 Å². The van der Waals surface area contributed by atoms with Crippen molar-refractivity contribution >= 4 is 29.9 Å². The van der Waals surface area contributed by atoms with E-state index in [0.29, 0.717) is 19.0 Å². The van der Waals surface area contributed by atoms with E-state index in [0.717, 1.165) is 40.0 Å². The van der Waals surface area contributed by atoms with Crippen molar-refractivity contribution in [1.29, 1.82) is 0 Å². The third-order valence-electron chi connectivity index (χ3n) is 4.41. The molecule has 7 nitrogen and oxygen atoms in total. The van der Waals surface area contributed by atoms with Crippen molar-refractivity contribution in [3.63, 3.8) is 0 Å². The molecule has 2 rings (SSSR count). The number of ether oxygens (including phenoxy) is 2. The van der Waals surface area contributed by atoms with Crippen LogP contribution in [-0.4, -0.2) is 44.3 Å². The summed E-state index contributed by atoms with van der Waals surface area (Å²) in [5.41, 5.74) is 3.22. The third-order valence-corrected chi connectivity index (χ3v) is 4.41. The molecule has 0 bridgehead atoms. The van der Waals surface area contributed by atoms with Gasteiger partial charge in [0.05, 0.1) is 26.5 Å². The van der Waals surface area contributed by atoms with Gasteiger partial charge < -0.3 is 24.2 Å². The van der Waals surface area contributed by atoms with Gasteiger partial charge in [-0.2, -0.15) is 0 Å². The standard InChI is InChI=1S/C20H30N4O3.HI/c1-13(2)17-10-16(27-23-17)11-22-20(21-4)24(5)12-15-9-19(26-7)18(25-6)8-14(15)3;/h8-10,13H,11-12H2,1-7H3,(H,21,22);1H. The average molecular weight is 502 g/mol. The molecule has 1 aromatic heterocycles. The van der Waals surface area contributed by atoms with Gasteiger partial charge in [0.1, 0.15) is 0 Å². The zero-order valence-electron chi connectivity index (χ0n) is 17.7. The summed E-state index contributed by atoms with van der Waals surface area (Å²) >= 11 is 0. The first-order chi connectivity index (χ1) is 12.9. The SMILES string of the molecule is CN=C(NCc1cc(C(C)C)no1)N(C)Cc1cc(OC)c(OC)cc1C.I. The molecule has 1 N–H and O–H groups in total. The summed E-state index contributed by atoms with van der Waals surface area (Å²) in [6.45, 7) is 7.45. The Morgan fingerprint density at radius 3 is 2.39 bits per heavy atom. The summed E-state index contributed by atoms with van der Waals surface area (Å²) in [4.78, 5) is 6.41. The lowest BCUT2D eigenvalue weighted by Gasteiger charge is -2.23. The molecule has 2 aromatic rings. The predicted molar refractivity (Wildman–Crippen MR) is 122 cm³/mol. The molecule has 0 amide bonds. The second-order valence-electron chi connectivity index (χ2n) is 6.76. The molecule has 0 saturated carbocycles. The summed E-state index contributed by atoms with van der Waals surface area (Å²) in [6, 6.07) is 5.97. The molecule has 156 valence electrons. The van der Waals surface area contributed by atoms with Crippen molar-refractivity contribution in [2.24, 2.45) is 4.99 Å². The zero-order valence-corrected chi connectivity index (χ0v) is 20.0.